The van der Waals surface area contributed by atoms with Crippen LogP contribution in [0.15, 0.2) is 28.7 Å². The lowest BCUT2D eigenvalue weighted by atomic mass is 10.3. The Bertz CT molecular complexity index is 515. The lowest BCUT2D eigenvalue weighted by Gasteiger charge is -2.04. The number of nitrogens with zero attached hydrogens (tertiary/aromatic N) is 4. The highest BCUT2D eigenvalue weighted by Gasteiger charge is 2.08. The van der Waals surface area contributed by atoms with E-state index in [0.29, 0.717) is 18.7 Å². The Labute approximate surface area is 106 Å². The Morgan fingerprint density at radius 1 is 1.47 bits per heavy atom. The molecule has 6 nitrogen and oxygen atoms in total. The quantitative estimate of drug-likeness (QED) is 0.611. The van der Waals surface area contributed by atoms with Gasteiger partial charge in [-0.3, -0.25) is 4.79 Å². The van der Waals surface area contributed by atoms with E-state index in [1.165, 1.54) is 0 Å². The van der Waals surface area contributed by atoms with Crippen molar-refractivity contribution in [1.82, 2.24) is 20.2 Å². The molecule has 7 heteroatoms. The molecule has 2 rings (SSSR count). The molecule has 0 aliphatic heterocycles. The second-order valence-electron chi connectivity index (χ2n) is 3.20. The number of aromatic nitrogens is 4. The molecule has 0 radical (unpaired) electrons. The summed E-state index contributed by atoms with van der Waals surface area (Å²) in [5, 5.41) is 11.4. The smallest absolute Gasteiger partial charge is 0.293 e. The largest absolute Gasteiger partial charge is 0.467 e. The normalized spacial score (nSPS) is 10.2. The van der Waals surface area contributed by atoms with Crippen molar-refractivity contribution in [2.75, 3.05) is 6.61 Å². The molecular weight excluding hydrogens is 288 g/mol. The number of benzene rings is 1. The third kappa shape index (κ3) is 2.88. The van der Waals surface area contributed by atoms with E-state index in [0.717, 1.165) is 10.2 Å². The average Bonchev–Trinajstić information content (AvgIpc) is 2.78. The molecule has 0 spiro atoms. The van der Waals surface area contributed by atoms with Crippen LogP contribution in [0.5, 0.6) is 0 Å². The number of halogens is 1. The fourth-order valence-electron chi connectivity index (χ4n) is 1.37. The van der Waals surface area contributed by atoms with Gasteiger partial charge in [0.1, 0.15) is 0 Å². The molecule has 0 N–H and O–H groups in total. The zero-order chi connectivity index (χ0) is 12.1. The second-order valence-corrected chi connectivity index (χ2v) is 4.12. The predicted molar refractivity (Wildman–Crippen MR) is 62.6 cm³/mol. The first-order chi connectivity index (χ1) is 8.31. The third-order valence-electron chi connectivity index (χ3n) is 2.10. The molecule has 1 aromatic carbocycles. The van der Waals surface area contributed by atoms with Crippen molar-refractivity contribution in [1.29, 1.82) is 0 Å². The van der Waals surface area contributed by atoms with Gasteiger partial charge in [0, 0.05) is 10.9 Å². The Hall–Kier alpha value is -1.76. The Kier molecular flexibility index (Phi) is 3.81. The molecule has 1 heterocycles. The van der Waals surface area contributed by atoms with Crippen molar-refractivity contribution in [3.63, 3.8) is 0 Å². The van der Waals surface area contributed by atoms with Gasteiger partial charge in [-0.05, 0) is 28.6 Å². The summed E-state index contributed by atoms with van der Waals surface area (Å²) in [5.41, 5.74) is 0.852. The number of carbonyl (C=O) groups is 1. The molecule has 17 heavy (non-hydrogen) atoms. The lowest BCUT2D eigenvalue weighted by molar-refractivity contribution is -0.128. The van der Waals surface area contributed by atoms with Crippen molar-refractivity contribution >= 4 is 22.4 Å². The molecule has 0 aliphatic rings. The predicted octanol–water partition coefficient (Wildman–Crippen LogP) is 1.14. The summed E-state index contributed by atoms with van der Waals surface area (Å²) in [6.07, 6.45) is 0.470. The summed E-state index contributed by atoms with van der Waals surface area (Å²) < 4.78 is 7.18. The zero-order valence-electron chi connectivity index (χ0n) is 8.78. The van der Waals surface area contributed by atoms with Gasteiger partial charge in [0.25, 0.3) is 6.47 Å². The van der Waals surface area contributed by atoms with Crippen LogP contribution < -0.4 is 0 Å². The molecule has 0 atom stereocenters. The number of ether oxygens (including phenoxy) is 1. The van der Waals surface area contributed by atoms with Gasteiger partial charge >= 0.3 is 0 Å². The lowest BCUT2D eigenvalue weighted by Crippen LogP contribution is -2.06. The van der Waals surface area contributed by atoms with Crippen molar-refractivity contribution in [3.05, 3.63) is 34.6 Å². The molecule has 2 aromatic rings. The molecular formula is C10H9BrN4O2. The summed E-state index contributed by atoms with van der Waals surface area (Å²) in [6, 6.07) is 7.61. The highest BCUT2D eigenvalue weighted by Crippen LogP contribution is 2.15. The molecule has 0 bridgehead atoms. The summed E-state index contributed by atoms with van der Waals surface area (Å²) in [7, 11) is 0. The maximum atomic E-state index is 10.0. The SMILES string of the molecule is O=COCCc1nnnn1-c1cccc(Br)c1. The highest BCUT2D eigenvalue weighted by molar-refractivity contribution is 9.10. The fourth-order valence-corrected chi connectivity index (χ4v) is 1.76. The maximum Gasteiger partial charge on any atom is 0.293 e. The van der Waals surface area contributed by atoms with E-state index < -0.39 is 0 Å². The summed E-state index contributed by atoms with van der Waals surface area (Å²) in [5.74, 6) is 0.643. The molecule has 0 amide bonds. The maximum absolute atomic E-state index is 10.0. The number of hydrogen-bond donors (Lipinski definition) is 0. The standard InChI is InChI=1S/C10H9BrN4O2/c11-8-2-1-3-9(6-8)15-10(12-13-14-15)4-5-17-7-16/h1-3,6-7H,4-5H2. The second kappa shape index (κ2) is 5.53. The summed E-state index contributed by atoms with van der Waals surface area (Å²) in [6.45, 7) is 0.672. The Morgan fingerprint density at radius 2 is 2.35 bits per heavy atom. The Morgan fingerprint density at radius 3 is 3.12 bits per heavy atom. The van der Waals surface area contributed by atoms with Gasteiger partial charge in [-0.2, -0.15) is 4.68 Å². The third-order valence-corrected chi connectivity index (χ3v) is 2.59. The van der Waals surface area contributed by atoms with E-state index in [-0.39, 0.29) is 6.61 Å². The number of carbonyl (C=O) groups excluding carboxylic acids is 1. The van der Waals surface area contributed by atoms with Crippen LogP contribution in [0.3, 0.4) is 0 Å². The van der Waals surface area contributed by atoms with Crippen molar-refractivity contribution in [2.24, 2.45) is 0 Å². The summed E-state index contributed by atoms with van der Waals surface area (Å²) in [4.78, 5) is 10.0. The van der Waals surface area contributed by atoms with E-state index >= 15 is 0 Å². The van der Waals surface area contributed by atoms with E-state index in [1.807, 2.05) is 24.3 Å². The number of hydrogen-bond acceptors (Lipinski definition) is 5. The zero-order valence-corrected chi connectivity index (χ0v) is 10.4. The molecule has 0 saturated carbocycles. The topological polar surface area (TPSA) is 69.9 Å². The van der Waals surface area contributed by atoms with Crippen LogP contribution >= 0.6 is 15.9 Å². The van der Waals surface area contributed by atoms with Gasteiger partial charge in [0.15, 0.2) is 5.82 Å². The fraction of sp³-hybridized carbons (Fsp3) is 0.200. The Balaban J connectivity index is 2.21. The van der Waals surface area contributed by atoms with Crippen molar-refractivity contribution in [3.8, 4) is 5.69 Å². The highest BCUT2D eigenvalue weighted by atomic mass is 79.9. The van der Waals surface area contributed by atoms with E-state index in [1.54, 1.807) is 4.68 Å². The molecule has 88 valence electrons. The molecule has 1 aromatic heterocycles. The van der Waals surface area contributed by atoms with Gasteiger partial charge in [0.05, 0.1) is 12.3 Å². The average molecular weight is 297 g/mol. The van der Waals surface area contributed by atoms with E-state index in [9.17, 15) is 4.79 Å². The van der Waals surface area contributed by atoms with Crippen LogP contribution in [0, 0.1) is 0 Å². The number of rotatable bonds is 5. The van der Waals surface area contributed by atoms with Crippen molar-refractivity contribution < 1.29 is 9.53 Å². The minimum atomic E-state index is 0.262. The van der Waals surface area contributed by atoms with Gasteiger partial charge < -0.3 is 4.74 Å². The minimum Gasteiger partial charge on any atom is -0.467 e. The first-order valence-corrected chi connectivity index (χ1v) is 5.69. The van der Waals surface area contributed by atoms with Gasteiger partial charge in [-0.1, -0.05) is 22.0 Å². The summed E-state index contributed by atoms with van der Waals surface area (Å²) >= 11 is 3.38. The van der Waals surface area contributed by atoms with Crippen LogP contribution in [0.2, 0.25) is 0 Å². The van der Waals surface area contributed by atoms with Crippen LogP contribution in [0.4, 0.5) is 0 Å². The molecule has 0 aliphatic carbocycles. The van der Waals surface area contributed by atoms with Gasteiger partial charge in [-0.25, -0.2) is 0 Å². The number of tetrazole rings is 1. The monoisotopic (exact) mass is 296 g/mol. The molecule has 0 fully saturated rings. The van der Waals surface area contributed by atoms with E-state index in [4.69, 9.17) is 0 Å². The van der Waals surface area contributed by atoms with Gasteiger partial charge in [-0.15, -0.1) is 5.10 Å². The van der Waals surface area contributed by atoms with Gasteiger partial charge in [0.2, 0.25) is 0 Å². The van der Waals surface area contributed by atoms with Crippen LogP contribution in [0.25, 0.3) is 5.69 Å². The minimum absolute atomic E-state index is 0.262. The van der Waals surface area contributed by atoms with E-state index in [2.05, 4.69) is 36.2 Å². The van der Waals surface area contributed by atoms with Crippen LogP contribution in [-0.4, -0.2) is 33.3 Å². The van der Waals surface area contributed by atoms with Crippen molar-refractivity contribution in [2.45, 2.75) is 6.42 Å². The first-order valence-electron chi connectivity index (χ1n) is 4.89. The molecule has 0 unspecified atom stereocenters. The molecule has 0 saturated heterocycles. The van der Waals surface area contributed by atoms with Crippen LogP contribution in [-0.2, 0) is 16.0 Å². The first kappa shape index (κ1) is 11.7. The van der Waals surface area contributed by atoms with Crippen LogP contribution in [0.1, 0.15) is 5.82 Å².